The van der Waals surface area contributed by atoms with E-state index in [1.165, 1.54) is 4.57 Å². The Morgan fingerprint density at radius 1 is 1.00 bits per heavy atom. The van der Waals surface area contributed by atoms with Crippen LogP contribution in [-0.2, 0) is 11.3 Å². The number of likely N-dealkylation sites (tertiary alicyclic amines) is 1. The molecule has 0 aliphatic carbocycles. The number of rotatable bonds is 6. The highest BCUT2D eigenvalue weighted by Gasteiger charge is 2.24. The summed E-state index contributed by atoms with van der Waals surface area (Å²) in [5.74, 6) is 1.12. The van der Waals surface area contributed by atoms with Crippen LogP contribution < -0.4 is 20.7 Å². The van der Waals surface area contributed by atoms with Crippen molar-refractivity contribution in [3.8, 4) is 11.5 Å². The number of aryl methyl sites for hydroxylation is 1. The second kappa shape index (κ2) is 8.90. The summed E-state index contributed by atoms with van der Waals surface area (Å²) in [6.07, 6.45) is 2.17. The molecule has 168 valence electrons. The van der Waals surface area contributed by atoms with Crippen molar-refractivity contribution in [3.05, 3.63) is 68.4 Å². The number of amides is 1. The van der Waals surface area contributed by atoms with Gasteiger partial charge in [0.25, 0.3) is 5.56 Å². The molecule has 3 aromatic rings. The Morgan fingerprint density at radius 3 is 2.38 bits per heavy atom. The minimum absolute atomic E-state index is 0.0823. The highest BCUT2D eigenvalue weighted by atomic mass is 16.5. The van der Waals surface area contributed by atoms with Crippen molar-refractivity contribution in [2.24, 2.45) is 0 Å². The molecule has 2 aromatic carbocycles. The zero-order valence-corrected chi connectivity index (χ0v) is 18.5. The van der Waals surface area contributed by atoms with E-state index in [1.807, 2.05) is 31.2 Å². The van der Waals surface area contributed by atoms with E-state index in [0.29, 0.717) is 48.3 Å². The molecule has 0 saturated carbocycles. The predicted octanol–water partition coefficient (Wildman–Crippen LogP) is 2.33. The molecule has 1 aliphatic heterocycles. The monoisotopic (exact) mass is 437 g/mol. The van der Waals surface area contributed by atoms with E-state index < -0.39 is 0 Å². The topological polar surface area (TPSA) is 82.8 Å². The van der Waals surface area contributed by atoms with Gasteiger partial charge in [0, 0.05) is 19.1 Å². The Kier molecular flexibility index (Phi) is 6.03. The first-order valence-corrected chi connectivity index (χ1v) is 10.6. The minimum Gasteiger partial charge on any atom is -0.493 e. The number of nitrogens with zero attached hydrogens (tertiary/aromatic N) is 3. The van der Waals surface area contributed by atoms with Gasteiger partial charge in [-0.15, -0.1) is 0 Å². The van der Waals surface area contributed by atoms with E-state index in [-0.39, 0.29) is 23.8 Å². The van der Waals surface area contributed by atoms with Crippen LogP contribution in [0.3, 0.4) is 0 Å². The summed E-state index contributed by atoms with van der Waals surface area (Å²) in [6.45, 7) is 3.22. The molecule has 32 heavy (non-hydrogen) atoms. The van der Waals surface area contributed by atoms with Crippen LogP contribution >= 0.6 is 0 Å². The summed E-state index contributed by atoms with van der Waals surface area (Å²) in [5.41, 5.74) is 1.69. The van der Waals surface area contributed by atoms with Gasteiger partial charge in [-0.05, 0) is 49.6 Å². The van der Waals surface area contributed by atoms with Crippen LogP contribution in [0.5, 0.6) is 11.5 Å². The lowest BCUT2D eigenvalue weighted by atomic mass is 10.0. The average Bonchev–Trinajstić information content (AvgIpc) is 2.82. The van der Waals surface area contributed by atoms with Crippen LogP contribution in [-0.4, -0.2) is 47.8 Å². The maximum Gasteiger partial charge on any atom is 0.332 e. The van der Waals surface area contributed by atoms with E-state index in [1.54, 1.807) is 35.8 Å². The Morgan fingerprint density at radius 2 is 1.72 bits per heavy atom. The zero-order valence-electron chi connectivity index (χ0n) is 18.5. The van der Waals surface area contributed by atoms with E-state index in [0.717, 1.165) is 17.5 Å². The minimum atomic E-state index is -0.342. The standard InChI is InChI=1S/C24H27N3O5/c1-16-4-6-20-19(12-16)23(29)26(14-17-5-7-21(31-2)22(13-17)32-3)24(30)27(20)18-8-10-25(15-28)11-9-18/h4-7,12-13,15,18H,8-11,14H2,1-3H3. The first-order valence-electron chi connectivity index (χ1n) is 10.6. The van der Waals surface area contributed by atoms with Gasteiger partial charge in [0.15, 0.2) is 11.5 Å². The third-order valence-corrected chi connectivity index (χ3v) is 6.13. The first-order chi connectivity index (χ1) is 15.5. The molecule has 8 nitrogen and oxygen atoms in total. The lowest BCUT2D eigenvalue weighted by Gasteiger charge is -2.31. The number of benzene rings is 2. The molecule has 0 unspecified atom stereocenters. The molecule has 2 heterocycles. The summed E-state index contributed by atoms with van der Waals surface area (Å²) in [6, 6.07) is 10.9. The number of piperidine rings is 1. The van der Waals surface area contributed by atoms with Gasteiger partial charge in [0.05, 0.1) is 31.7 Å². The van der Waals surface area contributed by atoms with Crippen LogP contribution in [0, 0.1) is 6.92 Å². The molecule has 4 rings (SSSR count). The molecule has 0 radical (unpaired) electrons. The molecule has 0 N–H and O–H groups in total. The molecular formula is C24H27N3O5. The molecule has 1 saturated heterocycles. The highest BCUT2D eigenvalue weighted by Crippen LogP contribution is 2.28. The van der Waals surface area contributed by atoms with Crippen LogP contribution in [0.2, 0.25) is 0 Å². The van der Waals surface area contributed by atoms with Gasteiger partial charge in [-0.2, -0.15) is 0 Å². The van der Waals surface area contributed by atoms with Gasteiger partial charge in [-0.3, -0.25) is 18.7 Å². The molecule has 8 heteroatoms. The summed E-state index contributed by atoms with van der Waals surface area (Å²) in [7, 11) is 3.10. The SMILES string of the molecule is COc1ccc(Cn2c(=O)c3cc(C)ccc3n(C3CCN(C=O)CC3)c2=O)cc1OC. The third-order valence-electron chi connectivity index (χ3n) is 6.13. The number of fused-ring (bicyclic) bond motifs is 1. The fourth-order valence-corrected chi connectivity index (χ4v) is 4.40. The summed E-state index contributed by atoms with van der Waals surface area (Å²) < 4.78 is 13.7. The van der Waals surface area contributed by atoms with Crippen molar-refractivity contribution in [1.82, 2.24) is 14.0 Å². The molecule has 1 aliphatic rings. The van der Waals surface area contributed by atoms with Gasteiger partial charge < -0.3 is 14.4 Å². The first kappa shape index (κ1) is 21.7. The van der Waals surface area contributed by atoms with Crippen molar-refractivity contribution < 1.29 is 14.3 Å². The molecular weight excluding hydrogens is 410 g/mol. The fourth-order valence-electron chi connectivity index (χ4n) is 4.40. The Hall–Kier alpha value is -3.55. The lowest BCUT2D eigenvalue weighted by molar-refractivity contribution is -0.119. The number of hydrogen-bond acceptors (Lipinski definition) is 5. The van der Waals surface area contributed by atoms with Crippen molar-refractivity contribution in [3.63, 3.8) is 0 Å². The van der Waals surface area contributed by atoms with Crippen LogP contribution in [0.4, 0.5) is 0 Å². The fraction of sp³-hybridized carbons (Fsp3) is 0.375. The Labute approximate surface area is 185 Å². The second-order valence-electron chi connectivity index (χ2n) is 8.13. The molecule has 1 fully saturated rings. The van der Waals surface area contributed by atoms with Gasteiger partial charge in [-0.1, -0.05) is 17.7 Å². The Balaban J connectivity index is 1.85. The summed E-state index contributed by atoms with van der Waals surface area (Å²) in [5, 5.41) is 0.517. The number of hydrogen-bond donors (Lipinski definition) is 0. The zero-order chi connectivity index (χ0) is 22.8. The average molecular weight is 437 g/mol. The second-order valence-corrected chi connectivity index (χ2v) is 8.13. The third kappa shape index (κ3) is 3.88. The van der Waals surface area contributed by atoms with Crippen molar-refractivity contribution in [1.29, 1.82) is 0 Å². The van der Waals surface area contributed by atoms with Crippen molar-refractivity contribution in [2.75, 3.05) is 27.3 Å². The van der Waals surface area contributed by atoms with Crippen LogP contribution in [0.1, 0.15) is 30.0 Å². The quantitative estimate of drug-likeness (QED) is 0.553. The van der Waals surface area contributed by atoms with Crippen molar-refractivity contribution in [2.45, 2.75) is 32.4 Å². The van der Waals surface area contributed by atoms with E-state index in [2.05, 4.69) is 0 Å². The van der Waals surface area contributed by atoms with E-state index >= 15 is 0 Å². The lowest BCUT2D eigenvalue weighted by Crippen LogP contribution is -2.44. The van der Waals surface area contributed by atoms with Crippen molar-refractivity contribution >= 4 is 17.3 Å². The molecule has 0 bridgehead atoms. The van der Waals surface area contributed by atoms with Gasteiger partial charge in [0.1, 0.15) is 0 Å². The van der Waals surface area contributed by atoms with E-state index in [4.69, 9.17) is 9.47 Å². The number of ether oxygens (including phenoxy) is 2. The van der Waals surface area contributed by atoms with Crippen LogP contribution in [0.15, 0.2) is 46.0 Å². The van der Waals surface area contributed by atoms with Crippen LogP contribution in [0.25, 0.3) is 10.9 Å². The van der Waals surface area contributed by atoms with Gasteiger partial charge in [0.2, 0.25) is 6.41 Å². The predicted molar refractivity (Wildman–Crippen MR) is 122 cm³/mol. The van der Waals surface area contributed by atoms with Gasteiger partial charge in [-0.25, -0.2) is 4.79 Å². The normalized spacial score (nSPS) is 14.5. The maximum atomic E-state index is 13.6. The smallest absolute Gasteiger partial charge is 0.332 e. The van der Waals surface area contributed by atoms with E-state index in [9.17, 15) is 14.4 Å². The molecule has 1 aromatic heterocycles. The number of methoxy groups -OCH3 is 2. The van der Waals surface area contributed by atoms with Gasteiger partial charge >= 0.3 is 5.69 Å². The Bertz CT molecular complexity index is 1270. The maximum absolute atomic E-state index is 13.6. The summed E-state index contributed by atoms with van der Waals surface area (Å²) >= 11 is 0. The number of aromatic nitrogens is 2. The number of carbonyl (C=O) groups excluding carboxylic acids is 1. The largest absolute Gasteiger partial charge is 0.493 e. The summed E-state index contributed by atoms with van der Waals surface area (Å²) in [4.78, 5) is 39.8. The molecule has 0 spiro atoms. The molecule has 0 atom stereocenters. The molecule has 1 amide bonds. The highest BCUT2D eigenvalue weighted by molar-refractivity contribution is 5.79. The number of carbonyl (C=O) groups is 1.